The van der Waals surface area contributed by atoms with Crippen LogP contribution in [0.3, 0.4) is 0 Å². The van der Waals surface area contributed by atoms with Crippen molar-refractivity contribution in [3.05, 3.63) is 47.5 Å². The summed E-state index contributed by atoms with van der Waals surface area (Å²) < 4.78 is 5.37. The number of aldehydes is 1. The highest BCUT2D eigenvalue weighted by Gasteiger charge is 2.21. The Morgan fingerprint density at radius 3 is 2.93 bits per heavy atom. The van der Waals surface area contributed by atoms with Crippen LogP contribution in [0.5, 0.6) is 0 Å². The first-order valence-corrected chi connectivity index (χ1v) is 4.57. The zero-order valence-corrected chi connectivity index (χ0v) is 8.28. The minimum Gasteiger partial charge on any atom is -0.464 e. The van der Waals surface area contributed by atoms with Crippen LogP contribution in [-0.4, -0.2) is 6.29 Å². The van der Waals surface area contributed by atoms with Crippen molar-refractivity contribution in [3.63, 3.8) is 0 Å². The average Bonchev–Trinajstić information content (AvgIpc) is 2.16. The van der Waals surface area contributed by atoms with Crippen molar-refractivity contribution in [2.75, 3.05) is 0 Å². The third kappa shape index (κ3) is 1.55. The fraction of sp³-hybridized carbons (Fsp3) is 0.250. The molecule has 14 heavy (non-hydrogen) atoms. The van der Waals surface area contributed by atoms with Crippen LogP contribution in [0.1, 0.15) is 13.8 Å². The molecule has 0 atom stereocenters. The zero-order valence-electron chi connectivity index (χ0n) is 8.28. The van der Waals surface area contributed by atoms with E-state index >= 15 is 0 Å². The van der Waals surface area contributed by atoms with Gasteiger partial charge in [-0.15, -0.1) is 0 Å². The molecule has 1 heterocycles. The Bertz CT molecular complexity index is 393. The summed E-state index contributed by atoms with van der Waals surface area (Å²) in [5.74, 6) is 0.836. The predicted molar refractivity (Wildman–Crippen MR) is 54.3 cm³/mol. The van der Waals surface area contributed by atoms with Crippen LogP contribution in [0.25, 0.3) is 0 Å². The van der Waals surface area contributed by atoms with Crippen LogP contribution >= 0.6 is 0 Å². The highest BCUT2D eigenvalue weighted by molar-refractivity contribution is 5.79. The fourth-order valence-corrected chi connectivity index (χ4v) is 1.48. The highest BCUT2D eigenvalue weighted by Crippen LogP contribution is 2.33. The van der Waals surface area contributed by atoms with Crippen LogP contribution in [0, 0.1) is 5.41 Å². The number of rotatable bonds is 1. The fourth-order valence-electron chi connectivity index (χ4n) is 1.48. The van der Waals surface area contributed by atoms with Crippen LogP contribution in [0.15, 0.2) is 47.5 Å². The topological polar surface area (TPSA) is 26.3 Å². The minimum absolute atomic E-state index is 0.0270. The lowest BCUT2D eigenvalue weighted by Crippen LogP contribution is -2.12. The van der Waals surface area contributed by atoms with E-state index in [0.717, 1.165) is 17.6 Å². The Hall–Kier alpha value is -1.57. The molecule has 1 aliphatic heterocycles. The van der Waals surface area contributed by atoms with Crippen molar-refractivity contribution in [1.82, 2.24) is 0 Å². The molecule has 0 amide bonds. The molecule has 0 bridgehead atoms. The van der Waals surface area contributed by atoms with Gasteiger partial charge in [0.25, 0.3) is 0 Å². The second kappa shape index (κ2) is 2.98. The number of carbonyl (C=O) groups excluding carboxylic acids is 1. The van der Waals surface area contributed by atoms with Crippen LogP contribution < -0.4 is 0 Å². The lowest BCUT2D eigenvalue weighted by molar-refractivity contribution is -0.104. The van der Waals surface area contributed by atoms with E-state index in [0.29, 0.717) is 5.57 Å². The molecule has 0 saturated carbocycles. The summed E-state index contributed by atoms with van der Waals surface area (Å²) in [6.45, 7) is 4.21. The average molecular weight is 188 g/mol. The largest absolute Gasteiger partial charge is 0.464 e. The van der Waals surface area contributed by atoms with E-state index in [1.165, 1.54) is 6.26 Å². The van der Waals surface area contributed by atoms with Crippen molar-refractivity contribution in [2.45, 2.75) is 13.8 Å². The third-order valence-corrected chi connectivity index (χ3v) is 2.26. The quantitative estimate of drug-likeness (QED) is 0.591. The third-order valence-electron chi connectivity index (χ3n) is 2.26. The molecule has 0 unspecified atom stereocenters. The van der Waals surface area contributed by atoms with Crippen molar-refractivity contribution in [2.24, 2.45) is 5.41 Å². The van der Waals surface area contributed by atoms with E-state index in [-0.39, 0.29) is 5.41 Å². The number of hydrogen-bond donors (Lipinski definition) is 0. The van der Waals surface area contributed by atoms with Gasteiger partial charge in [-0.25, -0.2) is 0 Å². The van der Waals surface area contributed by atoms with Gasteiger partial charge in [0.2, 0.25) is 0 Å². The molecule has 0 aromatic heterocycles. The Morgan fingerprint density at radius 2 is 2.21 bits per heavy atom. The Kier molecular flexibility index (Phi) is 1.92. The molecule has 2 rings (SSSR count). The normalized spacial score (nSPS) is 22.6. The second-order valence-corrected chi connectivity index (χ2v) is 4.12. The molecular weight excluding hydrogens is 176 g/mol. The molecule has 2 heteroatoms. The molecular formula is C12H12O2. The Labute approximate surface area is 83.3 Å². The standard InChI is InChI=1S/C12H12O2/c1-12(2)4-3-10-5-9(7-13)8-14-11(10)6-12/h3-8H,1-2H3. The summed E-state index contributed by atoms with van der Waals surface area (Å²) in [4.78, 5) is 10.5. The molecule has 72 valence electrons. The molecule has 0 aromatic rings. The van der Waals surface area contributed by atoms with Crippen LogP contribution in [-0.2, 0) is 9.53 Å². The monoisotopic (exact) mass is 188 g/mol. The molecule has 0 fully saturated rings. The maximum absolute atomic E-state index is 10.5. The van der Waals surface area contributed by atoms with Crippen molar-refractivity contribution in [3.8, 4) is 0 Å². The summed E-state index contributed by atoms with van der Waals surface area (Å²) in [6.07, 6.45) is 10.2. The lowest BCUT2D eigenvalue weighted by Gasteiger charge is -2.24. The lowest BCUT2D eigenvalue weighted by atomic mass is 9.85. The molecule has 2 nitrogen and oxygen atoms in total. The first-order chi connectivity index (χ1) is 6.61. The number of fused-ring (bicyclic) bond motifs is 1. The Balaban J connectivity index is 2.37. The van der Waals surface area contributed by atoms with E-state index < -0.39 is 0 Å². The van der Waals surface area contributed by atoms with E-state index in [2.05, 4.69) is 26.0 Å². The van der Waals surface area contributed by atoms with E-state index in [9.17, 15) is 4.79 Å². The van der Waals surface area contributed by atoms with Gasteiger partial charge in [-0.1, -0.05) is 26.0 Å². The van der Waals surface area contributed by atoms with Gasteiger partial charge in [-0.3, -0.25) is 4.79 Å². The molecule has 0 N–H and O–H groups in total. The van der Waals surface area contributed by atoms with Gasteiger partial charge in [-0.05, 0) is 12.2 Å². The summed E-state index contributed by atoms with van der Waals surface area (Å²) in [6, 6.07) is 0. The molecule has 1 aliphatic carbocycles. The highest BCUT2D eigenvalue weighted by atomic mass is 16.5. The molecule has 2 aliphatic rings. The maximum atomic E-state index is 10.5. The Morgan fingerprint density at radius 1 is 1.43 bits per heavy atom. The SMILES string of the molecule is CC1(C)C=CC2=CC(C=O)=COC2=C1. The number of ether oxygens (including phenoxy) is 1. The molecule has 0 spiro atoms. The van der Waals surface area contributed by atoms with Gasteiger partial charge in [0, 0.05) is 11.0 Å². The molecule has 0 saturated heterocycles. The maximum Gasteiger partial charge on any atom is 0.153 e. The van der Waals surface area contributed by atoms with E-state index in [1.54, 1.807) is 0 Å². The summed E-state index contributed by atoms with van der Waals surface area (Å²) in [5.41, 5.74) is 1.56. The molecule has 0 radical (unpaired) electrons. The molecule has 0 aromatic carbocycles. The summed E-state index contributed by atoms with van der Waals surface area (Å²) in [7, 11) is 0. The zero-order chi connectivity index (χ0) is 10.2. The first kappa shape index (κ1) is 9.00. The second-order valence-electron chi connectivity index (χ2n) is 4.12. The minimum atomic E-state index is 0.0270. The van der Waals surface area contributed by atoms with Gasteiger partial charge >= 0.3 is 0 Å². The van der Waals surface area contributed by atoms with Gasteiger partial charge in [0.05, 0.1) is 5.57 Å². The van der Waals surface area contributed by atoms with Gasteiger partial charge in [0.15, 0.2) is 6.29 Å². The van der Waals surface area contributed by atoms with Crippen LogP contribution in [0.2, 0.25) is 0 Å². The number of carbonyl (C=O) groups is 1. The predicted octanol–water partition coefficient (Wildman–Crippen LogP) is 2.51. The van der Waals surface area contributed by atoms with Gasteiger partial charge in [-0.2, -0.15) is 0 Å². The van der Waals surface area contributed by atoms with Crippen LogP contribution in [0.4, 0.5) is 0 Å². The smallest absolute Gasteiger partial charge is 0.153 e. The van der Waals surface area contributed by atoms with Crippen molar-refractivity contribution >= 4 is 6.29 Å². The number of allylic oxidation sites excluding steroid dienone is 5. The van der Waals surface area contributed by atoms with E-state index in [1.807, 2.05) is 12.2 Å². The summed E-state index contributed by atoms with van der Waals surface area (Å²) >= 11 is 0. The first-order valence-electron chi connectivity index (χ1n) is 4.57. The number of hydrogen-bond acceptors (Lipinski definition) is 2. The van der Waals surface area contributed by atoms with E-state index in [4.69, 9.17) is 4.74 Å². The van der Waals surface area contributed by atoms with Gasteiger partial charge < -0.3 is 4.74 Å². The van der Waals surface area contributed by atoms with Gasteiger partial charge in [0.1, 0.15) is 12.0 Å². The van der Waals surface area contributed by atoms with Crippen molar-refractivity contribution < 1.29 is 9.53 Å². The summed E-state index contributed by atoms with van der Waals surface area (Å²) in [5, 5.41) is 0. The van der Waals surface area contributed by atoms with Crippen molar-refractivity contribution in [1.29, 1.82) is 0 Å².